The van der Waals surface area contributed by atoms with Crippen LogP contribution in [0.1, 0.15) is 54.6 Å². The Kier molecular flexibility index (Phi) is 9.91. The van der Waals surface area contributed by atoms with Crippen LogP contribution in [-0.2, 0) is 18.9 Å². The number of esters is 3. The Bertz CT molecular complexity index is 2040. The van der Waals surface area contributed by atoms with Crippen LogP contribution < -0.4 is 11.0 Å². The minimum absolute atomic E-state index is 0.0403. The molecule has 0 spiro atoms. The van der Waals surface area contributed by atoms with Crippen molar-refractivity contribution in [3.8, 4) is 0 Å². The fraction of sp³-hybridized carbons (Fsp3) is 0.158. The van der Waals surface area contributed by atoms with Gasteiger partial charge in [0.1, 0.15) is 18.5 Å². The van der Waals surface area contributed by atoms with Crippen molar-refractivity contribution in [1.29, 1.82) is 0 Å². The number of hydrogen-bond donors (Lipinski definition) is 1. The molecule has 12 heteroatoms. The third kappa shape index (κ3) is 7.35. The predicted molar refractivity (Wildman–Crippen MR) is 179 cm³/mol. The fourth-order valence-corrected chi connectivity index (χ4v) is 5.50. The van der Waals surface area contributed by atoms with E-state index in [0.29, 0.717) is 5.56 Å². The minimum Gasteiger partial charge on any atom is -0.459 e. The van der Waals surface area contributed by atoms with E-state index in [0.717, 1.165) is 4.57 Å². The molecule has 12 nitrogen and oxygen atoms in total. The van der Waals surface area contributed by atoms with Crippen molar-refractivity contribution < 1.29 is 38.1 Å². The highest BCUT2D eigenvalue weighted by Crippen LogP contribution is 2.43. The smallest absolute Gasteiger partial charge is 0.351 e. The Balaban J connectivity index is 1.36. The molecule has 1 amide bonds. The molecule has 50 heavy (non-hydrogen) atoms. The first kappa shape index (κ1) is 33.5. The second-order valence-electron chi connectivity index (χ2n) is 11.4. The summed E-state index contributed by atoms with van der Waals surface area (Å²) in [5.41, 5.74) is -1.76. The molecule has 4 atom stereocenters. The molecule has 2 heterocycles. The highest BCUT2D eigenvalue weighted by Gasteiger charge is 2.60. The van der Waals surface area contributed by atoms with Gasteiger partial charge in [-0.05, 0) is 61.5 Å². The van der Waals surface area contributed by atoms with E-state index >= 15 is 0 Å². The summed E-state index contributed by atoms with van der Waals surface area (Å²) in [5.74, 6) is -2.77. The number of aromatic nitrogens is 2. The van der Waals surface area contributed by atoms with Crippen LogP contribution in [-0.4, -0.2) is 57.8 Å². The SMILES string of the molecule is C[C@@]1(OC(=O)c2ccccc2)[C@H](OC(=O)c2ccccc2)[C@@H](COC(=O)c2ccccc2)O[C@H]1n1ccc(NC(=O)c2ccccc2)nc1=O. The number of ether oxygens (including phenoxy) is 4. The van der Waals surface area contributed by atoms with Crippen LogP contribution in [0, 0.1) is 0 Å². The number of hydrogen-bond acceptors (Lipinski definition) is 10. The molecule has 0 radical (unpaired) electrons. The van der Waals surface area contributed by atoms with E-state index in [1.54, 1.807) is 121 Å². The molecular weight excluding hydrogens is 642 g/mol. The highest BCUT2D eigenvalue weighted by molar-refractivity contribution is 6.03. The van der Waals surface area contributed by atoms with Gasteiger partial charge in [-0.15, -0.1) is 0 Å². The maximum absolute atomic E-state index is 13.6. The molecule has 1 N–H and O–H groups in total. The average Bonchev–Trinajstić information content (AvgIpc) is 3.41. The van der Waals surface area contributed by atoms with E-state index in [2.05, 4.69) is 10.3 Å². The highest BCUT2D eigenvalue weighted by atomic mass is 16.7. The third-order valence-corrected chi connectivity index (χ3v) is 8.01. The normalized spacial score (nSPS) is 19.6. The molecule has 0 bridgehead atoms. The van der Waals surface area contributed by atoms with Crippen molar-refractivity contribution in [2.24, 2.45) is 0 Å². The van der Waals surface area contributed by atoms with E-state index in [4.69, 9.17) is 18.9 Å². The molecule has 252 valence electrons. The standard InChI is InChI=1S/C38H31N3O9/c1-38(50-35(45)28-20-12-5-13-21-28)31(49-34(44)27-18-10-4-11-19-27)29(24-47-33(43)26-16-8-3-9-17-26)48-36(38)41-23-22-30(40-37(41)46)39-32(42)25-14-6-2-7-15-25/h2-23,29,31,36H,24H2,1H3,(H,39,40,42,46)/t29-,31-,36-,38-/m1/s1. The summed E-state index contributed by atoms with van der Waals surface area (Å²) in [6, 6.07) is 34.2. The lowest BCUT2D eigenvalue weighted by molar-refractivity contribution is -0.111. The molecule has 4 aromatic carbocycles. The van der Waals surface area contributed by atoms with Crippen molar-refractivity contribution >= 4 is 29.6 Å². The van der Waals surface area contributed by atoms with E-state index in [9.17, 15) is 24.0 Å². The Morgan fingerprint density at radius 3 is 1.76 bits per heavy atom. The molecule has 1 aliphatic rings. The van der Waals surface area contributed by atoms with Crippen molar-refractivity contribution in [3.63, 3.8) is 0 Å². The Morgan fingerprint density at radius 1 is 0.720 bits per heavy atom. The van der Waals surface area contributed by atoms with Crippen LogP contribution in [0.2, 0.25) is 0 Å². The first-order chi connectivity index (χ1) is 24.2. The zero-order chi connectivity index (χ0) is 35.1. The largest absolute Gasteiger partial charge is 0.459 e. The van der Waals surface area contributed by atoms with Crippen molar-refractivity contribution in [3.05, 3.63) is 166 Å². The van der Waals surface area contributed by atoms with Crippen LogP contribution in [0.4, 0.5) is 5.82 Å². The first-order valence-electron chi connectivity index (χ1n) is 15.6. The van der Waals surface area contributed by atoms with Gasteiger partial charge in [0.05, 0.1) is 16.7 Å². The van der Waals surface area contributed by atoms with Crippen LogP contribution in [0.15, 0.2) is 138 Å². The third-order valence-electron chi connectivity index (χ3n) is 8.01. The molecule has 1 aromatic heterocycles. The van der Waals surface area contributed by atoms with Crippen molar-refractivity contribution in [1.82, 2.24) is 9.55 Å². The van der Waals surface area contributed by atoms with E-state index in [1.807, 2.05) is 0 Å². The van der Waals surface area contributed by atoms with E-state index in [-0.39, 0.29) is 22.5 Å². The van der Waals surface area contributed by atoms with Crippen LogP contribution in [0.5, 0.6) is 0 Å². The monoisotopic (exact) mass is 673 g/mol. The lowest BCUT2D eigenvalue weighted by Crippen LogP contribution is -2.51. The van der Waals surface area contributed by atoms with Gasteiger partial charge in [-0.3, -0.25) is 9.36 Å². The van der Waals surface area contributed by atoms with Crippen molar-refractivity contribution in [2.45, 2.75) is 31.0 Å². The second-order valence-corrected chi connectivity index (χ2v) is 11.4. The van der Waals surface area contributed by atoms with Gasteiger partial charge < -0.3 is 24.3 Å². The zero-order valence-electron chi connectivity index (χ0n) is 26.7. The Labute approximate surface area is 286 Å². The van der Waals surface area contributed by atoms with Gasteiger partial charge in [-0.1, -0.05) is 72.8 Å². The lowest BCUT2D eigenvalue weighted by atomic mass is 9.95. The van der Waals surface area contributed by atoms with Gasteiger partial charge >= 0.3 is 23.6 Å². The van der Waals surface area contributed by atoms with Crippen molar-refractivity contribution in [2.75, 3.05) is 11.9 Å². The summed E-state index contributed by atoms with van der Waals surface area (Å²) in [6.07, 6.45) is -2.76. The van der Waals surface area contributed by atoms with Gasteiger partial charge in [-0.2, -0.15) is 4.98 Å². The molecule has 0 saturated carbocycles. The number of rotatable bonds is 10. The fourth-order valence-electron chi connectivity index (χ4n) is 5.50. The van der Waals surface area contributed by atoms with Gasteiger partial charge in [0.15, 0.2) is 17.9 Å². The zero-order valence-corrected chi connectivity index (χ0v) is 26.7. The molecule has 1 saturated heterocycles. The molecule has 1 aliphatic heterocycles. The number of carbonyl (C=O) groups is 4. The second kappa shape index (κ2) is 14.8. The quantitative estimate of drug-likeness (QED) is 0.157. The summed E-state index contributed by atoms with van der Waals surface area (Å²) >= 11 is 0. The Morgan fingerprint density at radius 2 is 1.22 bits per heavy atom. The molecule has 0 unspecified atom stereocenters. The maximum atomic E-state index is 13.6. The van der Waals surface area contributed by atoms with E-state index < -0.39 is 60.1 Å². The van der Waals surface area contributed by atoms with Gasteiger partial charge in [-0.25, -0.2) is 19.2 Å². The number of nitrogens with one attached hydrogen (secondary N) is 1. The topological polar surface area (TPSA) is 152 Å². The van der Waals surface area contributed by atoms with Gasteiger partial charge in [0.2, 0.25) is 0 Å². The summed E-state index contributed by atoms with van der Waals surface area (Å²) < 4.78 is 25.0. The van der Waals surface area contributed by atoms with Crippen LogP contribution in [0.25, 0.3) is 0 Å². The molecule has 5 aromatic rings. The molecular formula is C38H31N3O9. The molecule has 6 rings (SSSR count). The number of anilines is 1. The summed E-state index contributed by atoms with van der Waals surface area (Å²) in [4.78, 5) is 70.3. The predicted octanol–water partition coefficient (Wildman–Crippen LogP) is 5.09. The number of amides is 1. The number of nitrogens with zero attached hydrogens (tertiary/aromatic N) is 2. The Hall–Kier alpha value is -6.40. The van der Waals surface area contributed by atoms with Crippen LogP contribution >= 0.6 is 0 Å². The van der Waals surface area contributed by atoms with Gasteiger partial charge in [0.25, 0.3) is 5.91 Å². The van der Waals surface area contributed by atoms with Crippen LogP contribution in [0.3, 0.4) is 0 Å². The first-order valence-corrected chi connectivity index (χ1v) is 15.6. The number of carbonyl (C=O) groups excluding carboxylic acids is 4. The van der Waals surface area contributed by atoms with Gasteiger partial charge in [0, 0.05) is 11.8 Å². The lowest BCUT2D eigenvalue weighted by Gasteiger charge is -2.34. The maximum Gasteiger partial charge on any atom is 0.351 e. The average molecular weight is 674 g/mol. The number of benzene rings is 4. The molecule has 0 aliphatic carbocycles. The summed E-state index contributed by atoms with van der Waals surface area (Å²) in [6.45, 7) is 1.01. The van der Waals surface area contributed by atoms with E-state index in [1.165, 1.54) is 19.2 Å². The summed E-state index contributed by atoms with van der Waals surface area (Å²) in [7, 11) is 0. The summed E-state index contributed by atoms with van der Waals surface area (Å²) in [5, 5.41) is 2.59. The minimum atomic E-state index is -1.89. The molecule has 1 fully saturated rings.